The van der Waals surface area contributed by atoms with Crippen molar-refractivity contribution in [2.45, 2.75) is 6.92 Å². The zero-order valence-electron chi connectivity index (χ0n) is 5.39. The summed E-state index contributed by atoms with van der Waals surface area (Å²) in [6, 6.07) is 0. The van der Waals surface area contributed by atoms with Crippen molar-refractivity contribution in [1.82, 2.24) is 0 Å². The van der Waals surface area contributed by atoms with Gasteiger partial charge in [0.15, 0.2) is 0 Å². The van der Waals surface area contributed by atoms with Gasteiger partial charge in [-0.05, 0) is 12.5 Å². The van der Waals surface area contributed by atoms with Crippen LogP contribution in [0.1, 0.15) is 6.92 Å². The normalized spacial score (nSPS) is 12.5. The zero-order chi connectivity index (χ0) is 6.41. The summed E-state index contributed by atoms with van der Waals surface area (Å²) in [7, 11) is 1.75. The monoisotopic (exact) mass is 109 g/mol. The van der Waals surface area contributed by atoms with Crippen LogP contribution < -0.4 is 0 Å². The van der Waals surface area contributed by atoms with Crippen molar-refractivity contribution in [3.63, 3.8) is 0 Å². The van der Waals surface area contributed by atoms with Gasteiger partial charge in [-0.25, -0.2) is 0 Å². The molecular weight excluding hydrogens is 98.1 g/mol. The van der Waals surface area contributed by atoms with Gasteiger partial charge in [0.05, 0.1) is 0 Å². The highest BCUT2D eigenvalue weighted by atomic mass is 14.6. The van der Waals surface area contributed by atoms with Crippen LogP contribution in [-0.4, -0.2) is 13.3 Å². The molecule has 0 saturated heterocycles. The molecule has 0 heterocycles. The van der Waals surface area contributed by atoms with Crippen molar-refractivity contribution in [2.75, 3.05) is 7.05 Å². The highest BCUT2D eigenvalue weighted by Crippen LogP contribution is 1.85. The molecule has 0 aliphatic heterocycles. The summed E-state index contributed by atoms with van der Waals surface area (Å²) < 4.78 is 0. The third-order valence-electron chi connectivity index (χ3n) is 0.713. The lowest BCUT2D eigenvalue weighted by molar-refractivity contribution is 1.45. The maximum absolute atomic E-state index is 3.81. The van der Waals surface area contributed by atoms with Crippen LogP contribution in [-0.2, 0) is 0 Å². The van der Waals surface area contributed by atoms with E-state index in [0.29, 0.717) is 0 Å². The Morgan fingerprint density at radius 1 is 1.62 bits per heavy atom. The molecule has 0 aromatic rings. The molecule has 0 spiro atoms. The van der Waals surface area contributed by atoms with E-state index < -0.39 is 0 Å². The van der Waals surface area contributed by atoms with E-state index in [0.717, 1.165) is 5.57 Å². The van der Waals surface area contributed by atoms with Gasteiger partial charge in [0, 0.05) is 13.3 Å². The summed E-state index contributed by atoms with van der Waals surface area (Å²) in [4.78, 5) is 3.81. The molecule has 0 N–H and O–H groups in total. The Morgan fingerprint density at radius 2 is 2.25 bits per heavy atom. The molecule has 0 amide bonds. The van der Waals surface area contributed by atoms with E-state index in [-0.39, 0.29) is 0 Å². The molecule has 0 aromatic heterocycles. The Morgan fingerprint density at radius 3 is 2.62 bits per heavy atom. The van der Waals surface area contributed by atoms with Crippen molar-refractivity contribution in [2.24, 2.45) is 4.99 Å². The quantitative estimate of drug-likeness (QED) is 0.379. The van der Waals surface area contributed by atoms with E-state index >= 15 is 0 Å². The first kappa shape index (κ1) is 7.15. The number of allylic oxidation sites excluding steroid dienone is 3. The van der Waals surface area contributed by atoms with Gasteiger partial charge in [0.25, 0.3) is 0 Å². The van der Waals surface area contributed by atoms with Crippen LogP contribution in [0.4, 0.5) is 0 Å². The summed E-state index contributed by atoms with van der Waals surface area (Å²) >= 11 is 0. The lowest BCUT2D eigenvalue weighted by Gasteiger charge is -1.81. The minimum atomic E-state index is 1.13. The molecule has 0 rings (SSSR count). The van der Waals surface area contributed by atoms with Crippen molar-refractivity contribution >= 4 is 6.21 Å². The Labute approximate surface area is 50.4 Å². The molecule has 0 atom stereocenters. The Bertz CT molecular complexity index is 120. The predicted molar refractivity (Wildman–Crippen MR) is 38.4 cm³/mol. The number of hydrogen-bond acceptors (Lipinski definition) is 1. The first-order valence-electron chi connectivity index (χ1n) is 2.52. The Kier molecular flexibility index (Phi) is 3.85. The van der Waals surface area contributed by atoms with Gasteiger partial charge in [-0.2, -0.15) is 0 Å². The third-order valence-corrected chi connectivity index (χ3v) is 0.713. The highest BCUT2D eigenvalue weighted by molar-refractivity contribution is 5.77. The lowest BCUT2D eigenvalue weighted by atomic mass is 10.3. The fraction of sp³-hybridized carbons (Fsp3) is 0.286. The van der Waals surface area contributed by atoms with Gasteiger partial charge in [-0.3, -0.25) is 4.99 Å². The second kappa shape index (κ2) is 4.31. The van der Waals surface area contributed by atoms with E-state index in [1.165, 1.54) is 0 Å². The largest absolute Gasteiger partial charge is 0.296 e. The fourth-order valence-corrected chi connectivity index (χ4v) is 0.433. The molecule has 0 aromatic carbocycles. The molecule has 1 heteroatoms. The van der Waals surface area contributed by atoms with Crippen molar-refractivity contribution in [1.29, 1.82) is 0 Å². The van der Waals surface area contributed by atoms with Gasteiger partial charge in [-0.15, -0.1) is 0 Å². The second-order valence-corrected chi connectivity index (χ2v) is 1.53. The number of hydrogen-bond donors (Lipinski definition) is 0. The van der Waals surface area contributed by atoms with Crippen LogP contribution in [0.2, 0.25) is 0 Å². The maximum atomic E-state index is 3.81. The standard InChI is InChI=1S/C7H11N/c1-4-5-7(2)6-8-3/h4-6H,1H2,2-3H3. The summed E-state index contributed by atoms with van der Waals surface area (Å²) in [5, 5.41) is 0. The number of nitrogens with zero attached hydrogens (tertiary/aromatic N) is 1. The summed E-state index contributed by atoms with van der Waals surface area (Å²) in [5.74, 6) is 0. The zero-order valence-corrected chi connectivity index (χ0v) is 5.39. The minimum Gasteiger partial charge on any atom is -0.296 e. The maximum Gasteiger partial charge on any atom is 0.0277 e. The first-order chi connectivity index (χ1) is 3.81. The first-order valence-corrected chi connectivity index (χ1v) is 2.52. The van der Waals surface area contributed by atoms with Crippen LogP contribution in [0.3, 0.4) is 0 Å². The van der Waals surface area contributed by atoms with Crippen LogP contribution >= 0.6 is 0 Å². The fourth-order valence-electron chi connectivity index (χ4n) is 0.433. The molecule has 1 nitrogen and oxygen atoms in total. The topological polar surface area (TPSA) is 12.4 Å². The molecule has 0 unspecified atom stereocenters. The van der Waals surface area contributed by atoms with E-state index in [1.54, 1.807) is 19.3 Å². The molecular formula is C7H11N. The van der Waals surface area contributed by atoms with Gasteiger partial charge in [-0.1, -0.05) is 18.7 Å². The summed E-state index contributed by atoms with van der Waals surface area (Å²) in [6.45, 7) is 5.53. The summed E-state index contributed by atoms with van der Waals surface area (Å²) in [6.07, 6.45) is 5.45. The van der Waals surface area contributed by atoms with Crippen LogP contribution in [0, 0.1) is 0 Å². The Hall–Kier alpha value is -0.850. The predicted octanol–water partition coefficient (Wildman–Crippen LogP) is 1.82. The molecule has 0 aliphatic carbocycles. The number of aliphatic imine (C=N–C) groups is 1. The van der Waals surface area contributed by atoms with Crippen molar-refractivity contribution in [3.05, 3.63) is 24.3 Å². The van der Waals surface area contributed by atoms with Gasteiger partial charge < -0.3 is 0 Å². The molecule has 0 fully saturated rings. The molecule has 8 heavy (non-hydrogen) atoms. The third kappa shape index (κ3) is 3.34. The average Bonchev–Trinajstić information content (AvgIpc) is 1.68. The van der Waals surface area contributed by atoms with E-state index in [1.807, 2.05) is 13.0 Å². The highest BCUT2D eigenvalue weighted by Gasteiger charge is 1.73. The van der Waals surface area contributed by atoms with Crippen LogP contribution in [0.15, 0.2) is 29.3 Å². The lowest BCUT2D eigenvalue weighted by Crippen LogP contribution is -1.73. The minimum absolute atomic E-state index is 1.13. The van der Waals surface area contributed by atoms with Crippen molar-refractivity contribution < 1.29 is 0 Å². The van der Waals surface area contributed by atoms with E-state index in [4.69, 9.17) is 0 Å². The Balaban J connectivity index is 3.79. The molecule has 0 radical (unpaired) electrons. The van der Waals surface area contributed by atoms with Crippen LogP contribution in [0.25, 0.3) is 0 Å². The van der Waals surface area contributed by atoms with E-state index in [2.05, 4.69) is 11.6 Å². The summed E-state index contributed by atoms with van der Waals surface area (Å²) in [5.41, 5.74) is 1.13. The number of rotatable bonds is 2. The smallest absolute Gasteiger partial charge is 0.0277 e. The SMILES string of the molecule is C=CC=C(C)C=NC. The molecule has 0 saturated carbocycles. The molecule has 44 valence electrons. The second-order valence-electron chi connectivity index (χ2n) is 1.53. The average molecular weight is 109 g/mol. The molecule has 0 aliphatic rings. The van der Waals surface area contributed by atoms with Crippen molar-refractivity contribution in [3.8, 4) is 0 Å². The van der Waals surface area contributed by atoms with E-state index in [9.17, 15) is 0 Å². The van der Waals surface area contributed by atoms with Gasteiger partial charge in [0.2, 0.25) is 0 Å². The van der Waals surface area contributed by atoms with Crippen LogP contribution in [0.5, 0.6) is 0 Å². The van der Waals surface area contributed by atoms with Gasteiger partial charge in [0.1, 0.15) is 0 Å². The molecule has 0 bridgehead atoms. The van der Waals surface area contributed by atoms with Gasteiger partial charge >= 0.3 is 0 Å².